The highest BCUT2D eigenvalue weighted by Gasteiger charge is 2.13. The molecule has 0 N–H and O–H groups in total. The van der Waals surface area contributed by atoms with Gasteiger partial charge in [-0.1, -0.05) is 97.1 Å². The normalized spacial score (nSPS) is 10.2. The molecule has 2 heteroatoms. The van der Waals surface area contributed by atoms with Crippen molar-refractivity contribution in [2.75, 3.05) is 0 Å². The number of carbonyl (C=O) groups excluding carboxylic acids is 1. The van der Waals surface area contributed by atoms with Crippen molar-refractivity contribution in [3.8, 4) is 11.1 Å². The molecule has 0 saturated heterocycles. The summed E-state index contributed by atoms with van der Waals surface area (Å²) in [5.74, 6) is -0.110. The van der Waals surface area contributed by atoms with Crippen molar-refractivity contribution in [2.24, 2.45) is 0 Å². The van der Waals surface area contributed by atoms with Crippen LogP contribution in [0.15, 0.2) is 84.9 Å². The molecule has 0 amide bonds. The average Bonchev–Trinajstić information content (AvgIpc) is 2.62. The fourth-order valence-corrected chi connectivity index (χ4v) is 2.55. The summed E-state index contributed by atoms with van der Waals surface area (Å²) in [7, 11) is 0. The minimum atomic E-state index is -0.110. The molecule has 0 heterocycles. The monoisotopic (exact) mass is 302 g/mol. The average molecular weight is 302 g/mol. The van der Waals surface area contributed by atoms with Crippen LogP contribution < -0.4 is 0 Å². The van der Waals surface area contributed by atoms with E-state index in [4.69, 9.17) is 12.2 Å². The number of thiocarbonyl (C=S) groups is 1. The number of Topliss-reactive ketones (excluding diaryl/α,β-unsaturated/α-hetero) is 1. The van der Waals surface area contributed by atoms with Crippen molar-refractivity contribution in [3.05, 3.63) is 96.1 Å². The number of hydrogen-bond acceptors (Lipinski definition) is 2. The lowest BCUT2D eigenvalue weighted by atomic mass is 9.99. The van der Waals surface area contributed by atoms with Crippen LogP contribution in [-0.2, 0) is 0 Å². The number of carbonyl (C=O) groups is 1. The van der Waals surface area contributed by atoms with Crippen LogP contribution in [0, 0.1) is 0 Å². The number of hydrogen-bond donors (Lipinski definition) is 0. The first-order chi connectivity index (χ1) is 10.8. The molecule has 0 spiro atoms. The minimum absolute atomic E-state index is 0.110. The van der Waals surface area contributed by atoms with E-state index in [9.17, 15) is 4.79 Å². The second-order valence-electron chi connectivity index (χ2n) is 4.97. The summed E-state index contributed by atoms with van der Waals surface area (Å²) in [5.41, 5.74) is 3.62. The summed E-state index contributed by atoms with van der Waals surface area (Å²) in [5, 5.41) is 0. The van der Waals surface area contributed by atoms with E-state index in [1.807, 2.05) is 84.9 Å². The highest BCUT2D eigenvalue weighted by atomic mass is 32.1. The Kier molecular flexibility index (Phi) is 4.22. The van der Waals surface area contributed by atoms with Crippen molar-refractivity contribution in [1.29, 1.82) is 0 Å². The fourth-order valence-electron chi connectivity index (χ4n) is 2.30. The highest BCUT2D eigenvalue weighted by molar-refractivity contribution is 7.82. The molecule has 0 bridgehead atoms. The van der Waals surface area contributed by atoms with E-state index in [-0.39, 0.29) is 5.78 Å². The Morgan fingerprint density at radius 3 is 1.68 bits per heavy atom. The molecular weight excluding hydrogens is 288 g/mol. The Labute approximate surface area is 135 Å². The molecule has 3 aromatic rings. The first kappa shape index (κ1) is 14.4. The van der Waals surface area contributed by atoms with E-state index in [1.165, 1.54) is 0 Å². The maximum Gasteiger partial charge on any atom is 0.204 e. The molecule has 0 saturated carbocycles. The maximum atomic E-state index is 12.5. The summed E-state index contributed by atoms with van der Waals surface area (Å²) < 4.78 is 0. The fraction of sp³-hybridized carbons (Fsp3) is 0. The Balaban J connectivity index is 1.84. The van der Waals surface area contributed by atoms with Crippen LogP contribution in [-0.4, -0.2) is 10.6 Å². The third-order valence-electron chi connectivity index (χ3n) is 3.50. The van der Waals surface area contributed by atoms with Gasteiger partial charge in [0.25, 0.3) is 0 Å². The van der Waals surface area contributed by atoms with E-state index in [1.54, 1.807) is 0 Å². The molecule has 0 aliphatic rings. The highest BCUT2D eigenvalue weighted by Crippen LogP contribution is 2.20. The third kappa shape index (κ3) is 3.02. The van der Waals surface area contributed by atoms with Gasteiger partial charge in [0.05, 0.1) is 4.86 Å². The molecule has 0 fully saturated rings. The van der Waals surface area contributed by atoms with Crippen molar-refractivity contribution in [2.45, 2.75) is 0 Å². The van der Waals surface area contributed by atoms with Gasteiger partial charge < -0.3 is 0 Å². The lowest BCUT2D eigenvalue weighted by molar-refractivity contribution is 0.106. The number of ketones is 1. The molecule has 0 aliphatic carbocycles. The molecular formula is C20H14OS. The summed E-state index contributed by atoms with van der Waals surface area (Å²) in [6.45, 7) is 0. The minimum Gasteiger partial charge on any atom is -0.288 e. The predicted molar refractivity (Wildman–Crippen MR) is 94.4 cm³/mol. The molecule has 0 radical (unpaired) electrons. The summed E-state index contributed by atoms with van der Waals surface area (Å²) in [4.78, 5) is 12.8. The van der Waals surface area contributed by atoms with Crippen molar-refractivity contribution >= 4 is 22.9 Å². The second-order valence-corrected chi connectivity index (χ2v) is 5.38. The lowest BCUT2D eigenvalue weighted by Crippen LogP contribution is -2.12. The van der Waals surface area contributed by atoms with Crippen LogP contribution in [0.1, 0.15) is 15.9 Å². The van der Waals surface area contributed by atoms with E-state index in [2.05, 4.69) is 0 Å². The summed E-state index contributed by atoms with van der Waals surface area (Å²) >= 11 is 5.30. The van der Waals surface area contributed by atoms with Crippen LogP contribution in [0.3, 0.4) is 0 Å². The molecule has 0 unspecified atom stereocenters. The van der Waals surface area contributed by atoms with Gasteiger partial charge in [-0.3, -0.25) is 4.79 Å². The molecule has 3 rings (SSSR count). The van der Waals surface area contributed by atoms with Gasteiger partial charge in [0.1, 0.15) is 0 Å². The molecule has 1 nitrogen and oxygen atoms in total. The van der Waals surface area contributed by atoms with Gasteiger partial charge in [0, 0.05) is 5.56 Å². The van der Waals surface area contributed by atoms with Gasteiger partial charge in [0.2, 0.25) is 5.78 Å². The first-order valence-electron chi connectivity index (χ1n) is 7.05. The Bertz CT molecular complexity index is 790. The van der Waals surface area contributed by atoms with Gasteiger partial charge in [-0.2, -0.15) is 0 Å². The zero-order chi connectivity index (χ0) is 15.4. The standard InChI is InChI=1S/C20H14OS/c21-19(20(22)18-9-5-2-6-10-18)17-13-11-16(12-14-17)15-7-3-1-4-8-15/h1-14H. The Morgan fingerprint density at radius 2 is 1.09 bits per heavy atom. The molecule has 0 aromatic heterocycles. The topological polar surface area (TPSA) is 17.1 Å². The Morgan fingerprint density at radius 1 is 0.591 bits per heavy atom. The molecule has 106 valence electrons. The van der Waals surface area contributed by atoms with Crippen LogP contribution in [0.5, 0.6) is 0 Å². The van der Waals surface area contributed by atoms with Gasteiger partial charge in [0.15, 0.2) is 0 Å². The first-order valence-corrected chi connectivity index (χ1v) is 7.46. The van der Waals surface area contributed by atoms with Crippen molar-refractivity contribution < 1.29 is 4.79 Å². The van der Waals surface area contributed by atoms with Crippen LogP contribution in [0.4, 0.5) is 0 Å². The second kappa shape index (κ2) is 6.46. The number of benzene rings is 3. The van der Waals surface area contributed by atoms with E-state index in [0.29, 0.717) is 10.4 Å². The zero-order valence-corrected chi connectivity index (χ0v) is 12.7. The predicted octanol–water partition coefficient (Wildman–Crippen LogP) is 4.95. The molecule has 0 aliphatic heterocycles. The summed E-state index contributed by atoms with van der Waals surface area (Å²) in [6.07, 6.45) is 0. The van der Waals surface area contributed by atoms with E-state index in [0.717, 1.165) is 16.7 Å². The van der Waals surface area contributed by atoms with Gasteiger partial charge in [-0.05, 0) is 16.7 Å². The van der Waals surface area contributed by atoms with Gasteiger partial charge in [-0.15, -0.1) is 0 Å². The number of rotatable bonds is 4. The maximum absolute atomic E-state index is 12.5. The van der Waals surface area contributed by atoms with E-state index >= 15 is 0 Å². The smallest absolute Gasteiger partial charge is 0.204 e. The van der Waals surface area contributed by atoms with E-state index < -0.39 is 0 Å². The van der Waals surface area contributed by atoms with Crippen molar-refractivity contribution in [3.63, 3.8) is 0 Å². The third-order valence-corrected chi connectivity index (χ3v) is 3.92. The Hall–Kier alpha value is -2.58. The molecule has 0 atom stereocenters. The summed E-state index contributed by atoms with van der Waals surface area (Å²) in [6, 6.07) is 27.0. The van der Waals surface area contributed by atoms with Gasteiger partial charge in [-0.25, -0.2) is 0 Å². The molecule has 22 heavy (non-hydrogen) atoms. The SMILES string of the molecule is O=C(C(=S)c1ccccc1)c1ccc(-c2ccccc2)cc1. The largest absolute Gasteiger partial charge is 0.288 e. The zero-order valence-electron chi connectivity index (χ0n) is 11.9. The van der Waals surface area contributed by atoms with Crippen molar-refractivity contribution in [1.82, 2.24) is 0 Å². The van der Waals surface area contributed by atoms with Gasteiger partial charge >= 0.3 is 0 Å². The molecule has 3 aromatic carbocycles. The van der Waals surface area contributed by atoms with Crippen LogP contribution >= 0.6 is 12.2 Å². The van der Waals surface area contributed by atoms with Crippen LogP contribution in [0.25, 0.3) is 11.1 Å². The van der Waals surface area contributed by atoms with Crippen LogP contribution in [0.2, 0.25) is 0 Å². The quantitative estimate of drug-likeness (QED) is 0.501. The lowest BCUT2D eigenvalue weighted by Gasteiger charge is -2.05.